The lowest BCUT2D eigenvalue weighted by atomic mass is 10.1. The van der Waals surface area contributed by atoms with Crippen LogP contribution in [0.3, 0.4) is 0 Å². The van der Waals surface area contributed by atoms with Gasteiger partial charge in [-0.05, 0) is 11.4 Å². The summed E-state index contributed by atoms with van der Waals surface area (Å²) in [4.78, 5) is 12.1. The van der Waals surface area contributed by atoms with Crippen molar-refractivity contribution in [3.63, 3.8) is 0 Å². The fraction of sp³-hybridized carbons (Fsp3) is 0.143. The SMILES string of the molecule is COc1c(NC(=O)c2sccc2S(N)(=O)=O)c(C#N)cc2c1OCO2. The molecule has 0 saturated carbocycles. The largest absolute Gasteiger partial charge is 0.491 e. The van der Waals surface area contributed by atoms with Gasteiger partial charge in [0.25, 0.3) is 5.91 Å². The summed E-state index contributed by atoms with van der Waals surface area (Å²) in [5.41, 5.74) is 0.121. The molecule has 0 unspecified atom stereocenters. The summed E-state index contributed by atoms with van der Waals surface area (Å²) in [6.07, 6.45) is 0. The van der Waals surface area contributed by atoms with Gasteiger partial charge in [-0.2, -0.15) is 5.26 Å². The zero-order valence-electron chi connectivity index (χ0n) is 12.7. The Bertz CT molecular complexity index is 1010. The first kappa shape index (κ1) is 17.0. The van der Waals surface area contributed by atoms with Crippen molar-refractivity contribution < 1.29 is 27.4 Å². The van der Waals surface area contributed by atoms with Gasteiger partial charge in [0.15, 0.2) is 11.5 Å². The van der Waals surface area contributed by atoms with Gasteiger partial charge in [0, 0.05) is 6.07 Å². The fourth-order valence-electron chi connectivity index (χ4n) is 2.28. The number of hydrogen-bond acceptors (Lipinski definition) is 8. The molecule has 9 nitrogen and oxygen atoms in total. The molecule has 2 heterocycles. The number of carbonyl (C=O) groups is 1. The van der Waals surface area contributed by atoms with Crippen molar-refractivity contribution in [2.24, 2.45) is 5.14 Å². The van der Waals surface area contributed by atoms with Gasteiger partial charge in [0.05, 0.1) is 12.7 Å². The van der Waals surface area contributed by atoms with Crippen molar-refractivity contribution in [1.29, 1.82) is 5.26 Å². The number of carbonyl (C=O) groups excluding carboxylic acids is 1. The lowest BCUT2D eigenvalue weighted by Crippen LogP contribution is -2.19. The molecule has 0 bridgehead atoms. The van der Waals surface area contributed by atoms with Crippen LogP contribution in [0, 0.1) is 11.3 Å². The van der Waals surface area contributed by atoms with Gasteiger partial charge in [-0.25, -0.2) is 13.6 Å². The third kappa shape index (κ3) is 2.98. The predicted octanol–water partition coefficient (Wildman–Crippen LogP) is 1.26. The number of sulfonamides is 1. The molecule has 3 N–H and O–H groups in total. The number of nitrogens with zero attached hydrogens (tertiary/aromatic N) is 1. The number of benzene rings is 1. The molecule has 11 heteroatoms. The van der Waals surface area contributed by atoms with E-state index in [0.717, 1.165) is 11.3 Å². The minimum Gasteiger partial charge on any atom is -0.491 e. The van der Waals surface area contributed by atoms with Gasteiger partial charge in [-0.1, -0.05) is 0 Å². The van der Waals surface area contributed by atoms with Gasteiger partial charge < -0.3 is 19.5 Å². The molecule has 1 aromatic heterocycles. The Morgan fingerprint density at radius 1 is 1.48 bits per heavy atom. The van der Waals surface area contributed by atoms with Crippen LogP contribution >= 0.6 is 11.3 Å². The second-order valence-corrected chi connectivity index (χ2v) is 7.24. The number of nitrogens with one attached hydrogen (secondary N) is 1. The Kier molecular flexibility index (Phi) is 4.25. The topological polar surface area (TPSA) is 141 Å². The van der Waals surface area contributed by atoms with Crippen molar-refractivity contribution in [2.75, 3.05) is 19.2 Å². The quantitative estimate of drug-likeness (QED) is 0.812. The summed E-state index contributed by atoms with van der Waals surface area (Å²) in [6.45, 7) is -0.0472. The van der Waals surface area contributed by atoms with Crippen LogP contribution < -0.4 is 24.7 Å². The van der Waals surface area contributed by atoms with Gasteiger partial charge in [0.1, 0.15) is 21.5 Å². The molecule has 0 aliphatic carbocycles. The second-order valence-electron chi connectivity index (χ2n) is 4.79. The molecule has 25 heavy (non-hydrogen) atoms. The Morgan fingerprint density at radius 2 is 2.24 bits per heavy atom. The molecular formula is C14H11N3O6S2. The highest BCUT2D eigenvalue weighted by atomic mass is 32.2. The number of rotatable bonds is 4. The molecule has 3 rings (SSSR count). The lowest BCUT2D eigenvalue weighted by molar-refractivity contribution is 0.102. The van der Waals surface area contributed by atoms with Gasteiger partial charge in [-0.15, -0.1) is 11.3 Å². The average molecular weight is 381 g/mol. The monoisotopic (exact) mass is 381 g/mol. The van der Waals surface area contributed by atoms with E-state index in [1.54, 1.807) is 0 Å². The molecule has 1 aromatic carbocycles. The third-order valence-corrected chi connectivity index (χ3v) is 5.32. The van der Waals surface area contributed by atoms with Crippen molar-refractivity contribution in [1.82, 2.24) is 0 Å². The van der Waals surface area contributed by atoms with Crippen LogP contribution in [0.15, 0.2) is 22.4 Å². The molecular weight excluding hydrogens is 370 g/mol. The Hall–Kier alpha value is -2.81. The third-order valence-electron chi connectivity index (χ3n) is 3.32. The highest BCUT2D eigenvalue weighted by Gasteiger charge is 2.28. The van der Waals surface area contributed by atoms with Crippen LogP contribution in [0.5, 0.6) is 17.2 Å². The molecule has 0 spiro atoms. The summed E-state index contributed by atoms with van der Waals surface area (Å²) in [5, 5.41) is 18.4. The minimum absolute atomic E-state index is 0.0472. The van der Waals surface area contributed by atoms with Crippen LogP contribution in [0.2, 0.25) is 0 Å². The molecule has 2 aromatic rings. The van der Waals surface area contributed by atoms with Crippen LogP contribution in [0.4, 0.5) is 5.69 Å². The van der Waals surface area contributed by atoms with Crippen LogP contribution in [0.1, 0.15) is 15.2 Å². The number of nitrogens with two attached hydrogens (primary N) is 1. The van der Waals surface area contributed by atoms with E-state index < -0.39 is 15.9 Å². The van der Waals surface area contributed by atoms with E-state index in [1.807, 2.05) is 6.07 Å². The smallest absolute Gasteiger partial charge is 0.267 e. The maximum atomic E-state index is 12.5. The van der Waals surface area contributed by atoms with E-state index in [9.17, 15) is 18.5 Å². The Balaban J connectivity index is 2.06. The summed E-state index contributed by atoms with van der Waals surface area (Å²) in [5.74, 6) is -0.0799. The molecule has 0 saturated heterocycles. The van der Waals surface area contributed by atoms with Gasteiger partial charge in [0.2, 0.25) is 22.6 Å². The van der Waals surface area contributed by atoms with Crippen molar-refractivity contribution in [2.45, 2.75) is 4.90 Å². The zero-order valence-corrected chi connectivity index (χ0v) is 14.4. The number of amides is 1. The molecule has 130 valence electrons. The first-order chi connectivity index (χ1) is 11.9. The number of fused-ring (bicyclic) bond motifs is 1. The van der Waals surface area contributed by atoms with Crippen LogP contribution in [-0.4, -0.2) is 28.2 Å². The standard InChI is InChI=1S/C14H11N3O6S2/c1-21-12-10(7(5-15)4-8-11(12)23-6-22-8)17-14(18)13-9(2-3-24-13)25(16,19)20/h2-4H,6H2,1H3,(H,17,18)(H2,16,19,20). The van der Waals surface area contributed by atoms with Gasteiger partial charge in [-0.3, -0.25) is 4.79 Å². The number of primary sulfonamides is 1. The number of methoxy groups -OCH3 is 1. The van der Waals surface area contributed by atoms with E-state index in [-0.39, 0.29) is 39.3 Å². The summed E-state index contributed by atoms with van der Waals surface area (Å²) < 4.78 is 38.9. The van der Waals surface area contributed by atoms with E-state index in [4.69, 9.17) is 19.3 Å². The van der Waals surface area contributed by atoms with E-state index in [1.165, 1.54) is 24.6 Å². The first-order valence-corrected chi connectivity index (χ1v) is 9.11. The maximum absolute atomic E-state index is 12.5. The zero-order chi connectivity index (χ0) is 18.2. The number of thiophene rings is 1. The highest BCUT2D eigenvalue weighted by molar-refractivity contribution is 7.89. The normalized spacial score (nSPS) is 12.5. The summed E-state index contributed by atoms with van der Waals surface area (Å²) in [7, 11) is -2.72. The number of hydrogen-bond donors (Lipinski definition) is 2. The number of ether oxygens (including phenoxy) is 3. The molecule has 0 radical (unpaired) electrons. The van der Waals surface area contributed by atoms with Gasteiger partial charge >= 0.3 is 0 Å². The second kappa shape index (κ2) is 6.25. The number of nitriles is 1. The molecule has 0 atom stereocenters. The van der Waals surface area contributed by atoms with E-state index in [0.29, 0.717) is 5.75 Å². The fourth-order valence-corrected chi connectivity index (χ4v) is 4.15. The molecule has 1 aliphatic rings. The molecule has 1 aliphatic heterocycles. The predicted molar refractivity (Wildman–Crippen MR) is 87.5 cm³/mol. The Labute approximate surface area is 146 Å². The van der Waals surface area contributed by atoms with Crippen LogP contribution in [0.25, 0.3) is 0 Å². The Morgan fingerprint density at radius 3 is 2.88 bits per heavy atom. The summed E-state index contributed by atoms with van der Waals surface area (Å²) in [6, 6.07) is 4.56. The van der Waals surface area contributed by atoms with Crippen molar-refractivity contribution >= 4 is 33.0 Å². The average Bonchev–Trinajstić information content (AvgIpc) is 3.22. The van der Waals surface area contributed by atoms with Crippen LogP contribution in [-0.2, 0) is 10.0 Å². The highest BCUT2D eigenvalue weighted by Crippen LogP contribution is 2.47. The lowest BCUT2D eigenvalue weighted by Gasteiger charge is -2.14. The van der Waals surface area contributed by atoms with Crippen molar-refractivity contribution in [3.05, 3.63) is 28.0 Å². The molecule has 0 fully saturated rings. The first-order valence-electron chi connectivity index (χ1n) is 6.69. The molecule has 1 amide bonds. The van der Waals surface area contributed by atoms with Crippen molar-refractivity contribution in [3.8, 4) is 23.3 Å². The van der Waals surface area contributed by atoms with E-state index in [2.05, 4.69) is 5.32 Å². The minimum atomic E-state index is -4.06. The summed E-state index contributed by atoms with van der Waals surface area (Å²) >= 11 is 0.905. The number of anilines is 1. The maximum Gasteiger partial charge on any atom is 0.267 e. The van der Waals surface area contributed by atoms with E-state index >= 15 is 0 Å².